The van der Waals surface area contributed by atoms with E-state index in [-0.39, 0.29) is 37.9 Å². The number of piperazine rings is 1. The van der Waals surface area contributed by atoms with E-state index in [2.05, 4.69) is 5.32 Å². The zero-order valence-corrected chi connectivity index (χ0v) is 12.9. The number of phenolic OH excluding ortho intramolecular Hbond substituents is 3. The lowest BCUT2D eigenvalue weighted by molar-refractivity contribution is -0.188. The highest BCUT2D eigenvalue weighted by Crippen LogP contribution is 2.46. The van der Waals surface area contributed by atoms with E-state index in [1.165, 1.54) is 0 Å². The van der Waals surface area contributed by atoms with Crippen LogP contribution in [0.5, 0.6) is 17.2 Å². The number of alkyl halides is 3. The minimum absolute atomic E-state index is 0. The lowest BCUT2D eigenvalue weighted by Gasteiger charge is -2.36. The monoisotopic (exact) mass is 364 g/mol. The van der Waals surface area contributed by atoms with Gasteiger partial charge in [-0.05, 0) is 0 Å². The highest BCUT2D eigenvalue weighted by atomic mass is 35.5. The maximum atomic E-state index is 13.3. The first-order valence-corrected chi connectivity index (χ1v) is 6.07. The molecule has 0 bridgehead atoms. The first kappa shape index (κ1) is 20.9. The number of hydrogen-bond donors (Lipinski definition) is 4. The maximum absolute atomic E-state index is 13.3. The van der Waals surface area contributed by atoms with Gasteiger partial charge in [0, 0.05) is 38.3 Å². The Morgan fingerprint density at radius 2 is 1.45 bits per heavy atom. The normalized spacial score (nSPS) is 17.2. The Bertz CT molecular complexity index is 474. The van der Waals surface area contributed by atoms with E-state index in [1.54, 1.807) is 0 Å². The van der Waals surface area contributed by atoms with Crippen LogP contribution in [0.3, 0.4) is 0 Å². The number of benzene rings is 1. The Morgan fingerprint density at radius 1 is 1.00 bits per heavy atom. The summed E-state index contributed by atoms with van der Waals surface area (Å²) in [7, 11) is 0. The molecule has 1 aromatic carbocycles. The van der Waals surface area contributed by atoms with Crippen LogP contribution in [0.1, 0.15) is 11.6 Å². The third-order valence-corrected chi connectivity index (χ3v) is 3.22. The highest BCUT2D eigenvalue weighted by molar-refractivity contribution is 5.85. The lowest BCUT2D eigenvalue weighted by Crippen LogP contribution is -2.49. The molecule has 0 spiro atoms. The number of halogens is 5. The van der Waals surface area contributed by atoms with E-state index in [4.69, 9.17) is 0 Å². The van der Waals surface area contributed by atoms with Gasteiger partial charge in [0.15, 0.2) is 0 Å². The van der Waals surface area contributed by atoms with Gasteiger partial charge in [-0.15, -0.1) is 24.8 Å². The number of hydrogen-bond acceptors (Lipinski definition) is 5. The summed E-state index contributed by atoms with van der Waals surface area (Å²) in [5, 5.41) is 31.5. The van der Waals surface area contributed by atoms with Crippen LogP contribution < -0.4 is 5.32 Å². The van der Waals surface area contributed by atoms with Crippen molar-refractivity contribution >= 4 is 24.8 Å². The summed E-state index contributed by atoms with van der Waals surface area (Å²) in [5.74, 6) is -2.04. The summed E-state index contributed by atoms with van der Waals surface area (Å²) in [6.45, 7) is 1.08. The molecular weight excluding hydrogens is 348 g/mol. The third kappa shape index (κ3) is 4.45. The van der Waals surface area contributed by atoms with Gasteiger partial charge in [0.25, 0.3) is 0 Å². The molecule has 5 nitrogen and oxygen atoms in total. The average molecular weight is 365 g/mol. The highest BCUT2D eigenvalue weighted by Gasteiger charge is 2.47. The Kier molecular flexibility index (Phi) is 7.56. The smallest absolute Gasteiger partial charge is 0.408 e. The molecule has 1 fully saturated rings. The molecule has 0 saturated carbocycles. The van der Waals surface area contributed by atoms with Crippen molar-refractivity contribution in [2.24, 2.45) is 0 Å². The van der Waals surface area contributed by atoms with Gasteiger partial charge in [-0.1, -0.05) is 0 Å². The Hall–Kier alpha value is -1.09. The number of phenols is 3. The first-order valence-electron chi connectivity index (χ1n) is 6.07. The minimum atomic E-state index is -4.65. The van der Waals surface area contributed by atoms with Crippen molar-refractivity contribution in [1.82, 2.24) is 10.2 Å². The molecule has 4 N–H and O–H groups in total. The molecule has 1 aliphatic rings. The number of aromatic hydroxyl groups is 3. The quantitative estimate of drug-likeness (QED) is 0.646. The Balaban J connectivity index is 0.00000220. The van der Waals surface area contributed by atoms with Crippen molar-refractivity contribution in [3.63, 3.8) is 0 Å². The number of nitrogens with zero attached hydrogens (tertiary/aromatic N) is 1. The predicted molar refractivity (Wildman–Crippen MR) is 79.2 cm³/mol. The van der Waals surface area contributed by atoms with Gasteiger partial charge in [0.2, 0.25) is 0 Å². The van der Waals surface area contributed by atoms with Crippen LogP contribution in [-0.2, 0) is 0 Å². The predicted octanol–water partition coefficient (Wildman–Crippen LogP) is 2.16. The largest absolute Gasteiger partial charge is 0.508 e. The van der Waals surface area contributed by atoms with Crippen LogP contribution >= 0.6 is 24.8 Å². The Labute approximate surface area is 137 Å². The fourth-order valence-corrected chi connectivity index (χ4v) is 2.38. The first-order chi connectivity index (χ1) is 9.30. The molecule has 1 aliphatic heterocycles. The van der Waals surface area contributed by atoms with Crippen LogP contribution in [0, 0.1) is 0 Å². The molecule has 0 unspecified atom stereocenters. The fraction of sp³-hybridized carbons (Fsp3) is 0.500. The van der Waals surface area contributed by atoms with Crippen molar-refractivity contribution in [3.05, 3.63) is 17.7 Å². The van der Waals surface area contributed by atoms with Crippen molar-refractivity contribution in [2.75, 3.05) is 26.2 Å². The van der Waals surface area contributed by atoms with E-state index in [9.17, 15) is 28.5 Å². The lowest BCUT2D eigenvalue weighted by atomic mass is 10.0. The van der Waals surface area contributed by atoms with Gasteiger partial charge in [0.05, 0.1) is 5.56 Å². The van der Waals surface area contributed by atoms with E-state index in [1.807, 2.05) is 0 Å². The molecule has 1 saturated heterocycles. The molecule has 0 radical (unpaired) electrons. The van der Waals surface area contributed by atoms with E-state index >= 15 is 0 Å². The standard InChI is InChI=1S/C12H15F3N2O3.2ClH/c13-12(14,15)11(17-3-1-16-2-4-17)10-8(19)5-7(18)6-9(10)20;;/h5-6,11,16,18-20H,1-4H2;2*1H/t11-;;/m1../s1. The second-order valence-corrected chi connectivity index (χ2v) is 4.63. The van der Waals surface area contributed by atoms with E-state index in [0.717, 1.165) is 17.0 Å². The van der Waals surface area contributed by atoms with E-state index in [0.29, 0.717) is 13.1 Å². The number of rotatable bonds is 2. The molecule has 2 rings (SSSR count). The van der Waals surface area contributed by atoms with Crippen LogP contribution in [0.15, 0.2) is 12.1 Å². The van der Waals surface area contributed by atoms with Gasteiger partial charge < -0.3 is 20.6 Å². The molecule has 10 heteroatoms. The SMILES string of the molecule is Cl.Cl.Oc1cc(O)c([C@@H](N2CCNCC2)C(F)(F)F)c(O)c1. The second kappa shape index (κ2) is 7.96. The summed E-state index contributed by atoms with van der Waals surface area (Å²) in [6, 6.07) is -0.531. The van der Waals surface area contributed by atoms with Crippen molar-refractivity contribution in [3.8, 4) is 17.2 Å². The van der Waals surface area contributed by atoms with Crippen LogP contribution in [0.2, 0.25) is 0 Å². The molecule has 0 aliphatic carbocycles. The van der Waals surface area contributed by atoms with Gasteiger partial charge in [0.1, 0.15) is 23.3 Å². The summed E-state index contributed by atoms with van der Waals surface area (Å²) in [6.07, 6.45) is -4.65. The zero-order valence-electron chi connectivity index (χ0n) is 11.3. The topological polar surface area (TPSA) is 76.0 Å². The Morgan fingerprint density at radius 3 is 1.86 bits per heavy atom. The number of nitrogens with one attached hydrogen (secondary N) is 1. The summed E-state index contributed by atoms with van der Waals surface area (Å²) in [4.78, 5) is 1.14. The van der Waals surface area contributed by atoms with Gasteiger partial charge >= 0.3 is 6.18 Å². The fourth-order valence-electron chi connectivity index (χ4n) is 2.38. The second-order valence-electron chi connectivity index (χ2n) is 4.63. The zero-order chi connectivity index (χ0) is 14.9. The molecule has 1 heterocycles. The van der Waals surface area contributed by atoms with Crippen molar-refractivity contribution < 1.29 is 28.5 Å². The molecule has 1 atom stereocenters. The van der Waals surface area contributed by atoms with Crippen LogP contribution in [-0.4, -0.2) is 52.6 Å². The average Bonchev–Trinajstić information content (AvgIpc) is 2.33. The summed E-state index contributed by atoms with van der Waals surface area (Å²) in [5.41, 5.74) is -0.628. The van der Waals surface area contributed by atoms with Crippen molar-refractivity contribution in [2.45, 2.75) is 12.2 Å². The van der Waals surface area contributed by atoms with Gasteiger partial charge in [-0.2, -0.15) is 13.2 Å². The van der Waals surface area contributed by atoms with E-state index < -0.39 is 35.0 Å². The summed E-state index contributed by atoms with van der Waals surface area (Å²) >= 11 is 0. The molecule has 0 aromatic heterocycles. The molecule has 22 heavy (non-hydrogen) atoms. The van der Waals surface area contributed by atoms with Crippen molar-refractivity contribution in [1.29, 1.82) is 0 Å². The molecule has 1 aromatic rings. The van der Waals surface area contributed by atoms with Gasteiger partial charge in [-0.3, -0.25) is 4.90 Å². The van der Waals surface area contributed by atoms with Gasteiger partial charge in [-0.25, -0.2) is 0 Å². The molecular formula is C12H17Cl2F3N2O3. The maximum Gasteiger partial charge on any atom is 0.408 e. The minimum Gasteiger partial charge on any atom is -0.508 e. The van der Waals surface area contributed by atoms with Crippen LogP contribution in [0.4, 0.5) is 13.2 Å². The molecule has 0 amide bonds. The summed E-state index contributed by atoms with van der Waals surface area (Å²) < 4.78 is 39.9. The van der Waals surface area contributed by atoms with Crippen LogP contribution in [0.25, 0.3) is 0 Å². The molecule has 128 valence electrons. The third-order valence-electron chi connectivity index (χ3n) is 3.22.